The quantitative estimate of drug-likeness (QED) is 0.164. The lowest BCUT2D eigenvalue weighted by Crippen LogP contribution is -2.61. The van der Waals surface area contributed by atoms with E-state index < -0.39 is 46.0 Å². The van der Waals surface area contributed by atoms with Crippen LogP contribution in [0.5, 0.6) is 0 Å². The molecule has 0 amide bonds. The molecule has 12 nitrogen and oxygen atoms in total. The third-order valence-electron chi connectivity index (χ3n) is 11.1. The van der Waals surface area contributed by atoms with Gasteiger partial charge in [-0.25, -0.2) is 0 Å². The summed E-state index contributed by atoms with van der Waals surface area (Å²) >= 11 is 0. The van der Waals surface area contributed by atoms with Crippen LogP contribution in [0.1, 0.15) is 52.4 Å². The van der Waals surface area contributed by atoms with Crippen molar-refractivity contribution < 1.29 is 39.3 Å². The number of allylic oxidation sites excluding steroid dienone is 4. The molecule has 0 aromatic heterocycles. The van der Waals surface area contributed by atoms with E-state index in [2.05, 4.69) is 16.7 Å². The van der Waals surface area contributed by atoms with Crippen LogP contribution in [0.15, 0.2) is 23.8 Å². The maximum absolute atomic E-state index is 13.5. The molecule has 1 aliphatic heterocycles. The van der Waals surface area contributed by atoms with Crippen molar-refractivity contribution in [3.05, 3.63) is 33.9 Å². The van der Waals surface area contributed by atoms with Crippen molar-refractivity contribution in [2.75, 3.05) is 52.5 Å². The zero-order chi connectivity index (χ0) is 30.3. The topological polar surface area (TPSA) is 160 Å². The SMILES string of the molecule is C[C@]12C=CC(=O)C=C1CC[C@@H]1[C@@H]2C(O)C[C@@]2(C)[C@H]1CC[C@]2(O)C(=O)COC(=O)CN1CCN(CCCO[N+](=O)[O-])CC1. The fourth-order valence-corrected chi connectivity index (χ4v) is 8.88. The third kappa shape index (κ3) is 5.54. The van der Waals surface area contributed by atoms with Crippen LogP contribution >= 0.6 is 0 Å². The number of ketones is 2. The van der Waals surface area contributed by atoms with Gasteiger partial charge < -0.3 is 24.7 Å². The number of carbonyl (C=O) groups is 3. The van der Waals surface area contributed by atoms with E-state index in [9.17, 15) is 34.7 Å². The van der Waals surface area contributed by atoms with Gasteiger partial charge in [-0.2, -0.15) is 0 Å². The summed E-state index contributed by atoms with van der Waals surface area (Å²) in [5.41, 5.74) is -1.90. The highest BCUT2D eigenvalue weighted by atomic mass is 16.9. The first-order valence-corrected chi connectivity index (χ1v) is 15.1. The third-order valence-corrected chi connectivity index (χ3v) is 11.1. The van der Waals surface area contributed by atoms with Crippen LogP contribution in [0, 0.1) is 38.7 Å². The lowest BCUT2D eigenvalue weighted by molar-refractivity contribution is -0.757. The number of hydrogen-bond donors (Lipinski definition) is 2. The van der Waals surface area contributed by atoms with Gasteiger partial charge in [-0.05, 0) is 62.5 Å². The van der Waals surface area contributed by atoms with Gasteiger partial charge in [0.1, 0.15) is 5.60 Å². The van der Waals surface area contributed by atoms with Crippen LogP contribution < -0.4 is 0 Å². The Morgan fingerprint density at radius 2 is 1.88 bits per heavy atom. The highest BCUT2D eigenvalue weighted by Gasteiger charge is 2.68. The zero-order valence-electron chi connectivity index (χ0n) is 24.5. The summed E-state index contributed by atoms with van der Waals surface area (Å²) in [6.45, 7) is 6.91. The Kier molecular flexibility index (Phi) is 8.63. The van der Waals surface area contributed by atoms with Crippen LogP contribution in [0.3, 0.4) is 0 Å². The van der Waals surface area contributed by atoms with Gasteiger partial charge in [0.15, 0.2) is 12.4 Å². The second-order valence-corrected chi connectivity index (χ2v) is 13.2. The highest BCUT2D eigenvalue weighted by Crippen LogP contribution is 2.67. The molecule has 232 valence electrons. The van der Waals surface area contributed by atoms with Gasteiger partial charge in [0.2, 0.25) is 5.78 Å². The fraction of sp³-hybridized carbons (Fsp3) is 0.767. The minimum Gasteiger partial charge on any atom is -0.457 e. The average Bonchev–Trinajstić information content (AvgIpc) is 3.21. The number of aliphatic hydroxyl groups excluding tert-OH is 1. The summed E-state index contributed by atoms with van der Waals surface area (Å²) in [5, 5.41) is 32.8. The minimum absolute atomic E-state index is 0.0216. The molecule has 0 spiro atoms. The first-order chi connectivity index (χ1) is 19.9. The van der Waals surface area contributed by atoms with E-state index >= 15 is 0 Å². The molecule has 0 aromatic rings. The number of piperazine rings is 1. The molecule has 1 saturated heterocycles. The molecule has 5 aliphatic rings. The Morgan fingerprint density at radius 1 is 1.17 bits per heavy atom. The molecule has 0 radical (unpaired) electrons. The van der Waals surface area contributed by atoms with Gasteiger partial charge >= 0.3 is 5.97 Å². The monoisotopic (exact) mass is 589 g/mol. The van der Waals surface area contributed by atoms with Crippen LogP contribution in [-0.2, 0) is 24.0 Å². The number of hydrogen-bond acceptors (Lipinski definition) is 11. The van der Waals surface area contributed by atoms with E-state index in [1.165, 1.54) is 0 Å². The number of Topliss-reactive ketones (excluding diaryl/α,β-unsaturated/α-hetero) is 1. The molecule has 4 aliphatic carbocycles. The molecule has 7 atom stereocenters. The Balaban J connectivity index is 1.14. The van der Waals surface area contributed by atoms with Crippen molar-refractivity contribution in [2.45, 2.75) is 64.1 Å². The summed E-state index contributed by atoms with van der Waals surface area (Å²) in [5.74, 6) is -1.03. The largest absolute Gasteiger partial charge is 0.457 e. The predicted molar refractivity (Wildman–Crippen MR) is 149 cm³/mol. The second kappa shape index (κ2) is 11.8. The van der Waals surface area contributed by atoms with E-state index in [1.807, 2.05) is 17.9 Å². The number of carbonyl (C=O) groups excluding carboxylic acids is 3. The zero-order valence-corrected chi connectivity index (χ0v) is 24.5. The van der Waals surface area contributed by atoms with Crippen LogP contribution in [0.2, 0.25) is 0 Å². The smallest absolute Gasteiger partial charge is 0.320 e. The highest BCUT2D eigenvalue weighted by molar-refractivity contribution is 6.01. The average molecular weight is 590 g/mol. The summed E-state index contributed by atoms with van der Waals surface area (Å²) in [6.07, 6.45) is 7.76. The number of aliphatic hydroxyl groups is 2. The normalized spacial score (nSPS) is 38.2. The van der Waals surface area contributed by atoms with Gasteiger partial charge in [-0.3, -0.25) is 19.3 Å². The molecule has 2 N–H and O–H groups in total. The van der Waals surface area contributed by atoms with Crippen LogP contribution in [0.4, 0.5) is 0 Å². The first-order valence-electron chi connectivity index (χ1n) is 15.1. The van der Waals surface area contributed by atoms with Crippen LogP contribution in [0.25, 0.3) is 0 Å². The summed E-state index contributed by atoms with van der Waals surface area (Å²) in [7, 11) is 0. The number of rotatable bonds is 10. The molecule has 0 aromatic carbocycles. The summed E-state index contributed by atoms with van der Waals surface area (Å²) in [6, 6.07) is 0. The van der Waals surface area contributed by atoms with Gasteiger partial charge in [-0.15, -0.1) is 10.1 Å². The number of esters is 1. The van der Waals surface area contributed by atoms with Gasteiger partial charge in [0.25, 0.3) is 5.09 Å². The second-order valence-electron chi connectivity index (χ2n) is 13.2. The Bertz CT molecular complexity index is 1160. The molecule has 12 heteroatoms. The Hall–Kier alpha value is -2.67. The van der Waals surface area contributed by atoms with Crippen molar-refractivity contribution in [1.82, 2.24) is 9.80 Å². The van der Waals surface area contributed by atoms with E-state index in [1.54, 1.807) is 12.2 Å². The van der Waals surface area contributed by atoms with Gasteiger partial charge in [0, 0.05) is 49.5 Å². The molecular formula is C30H43N3O9. The maximum atomic E-state index is 13.5. The number of fused-ring (bicyclic) bond motifs is 5. The molecule has 1 unspecified atom stereocenters. The van der Waals surface area contributed by atoms with Crippen molar-refractivity contribution in [3.8, 4) is 0 Å². The molecule has 5 rings (SSSR count). The molecule has 1 heterocycles. The molecule has 4 fully saturated rings. The van der Waals surface area contributed by atoms with E-state index in [4.69, 9.17) is 4.74 Å². The lowest BCUT2D eigenvalue weighted by atomic mass is 9.46. The molecule has 3 saturated carbocycles. The predicted octanol–water partition coefficient (Wildman–Crippen LogP) is 1.32. The fourth-order valence-electron chi connectivity index (χ4n) is 8.88. The van der Waals surface area contributed by atoms with Crippen molar-refractivity contribution >= 4 is 17.5 Å². The minimum atomic E-state index is -1.69. The maximum Gasteiger partial charge on any atom is 0.320 e. The first kappa shape index (κ1) is 30.8. The van der Waals surface area contributed by atoms with E-state index in [-0.39, 0.29) is 49.5 Å². The lowest BCUT2D eigenvalue weighted by Gasteiger charge is -2.59. The van der Waals surface area contributed by atoms with Crippen molar-refractivity contribution in [2.24, 2.45) is 28.6 Å². The molecule has 42 heavy (non-hydrogen) atoms. The van der Waals surface area contributed by atoms with Crippen molar-refractivity contribution in [1.29, 1.82) is 0 Å². The summed E-state index contributed by atoms with van der Waals surface area (Å²) in [4.78, 5) is 56.8. The Morgan fingerprint density at radius 3 is 2.60 bits per heavy atom. The van der Waals surface area contributed by atoms with E-state index in [0.717, 1.165) is 18.4 Å². The van der Waals surface area contributed by atoms with Crippen molar-refractivity contribution in [3.63, 3.8) is 0 Å². The Labute approximate surface area is 245 Å². The number of ether oxygens (including phenoxy) is 1. The standard InChI is InChI=1S/C30H43N3O9/c1-28-8-6-21(34)16-20(28)4-5-22-23-7-9-30(38,29(23,2)17-24(35)27(22)28)25(36)19-41-26(37)18-32-13-11-31(12-14-32)10-3-15-42-33(39)40/h6,8,16,22-24,27,35,38H,3-5,7,9-15,17-19H2,1-2H3/t22-,23-,24?,27+,28-,29-,30-/m0/s1. The van der Waals surface area contributed by atoms with E-state index in [0.29, 0.717) is 45.6 Å². The molecule has 0 bridgehead atoms. The number of nitrogens with zero attached hydrogens (tertiary/aromatic N) is 3. The van der Waals surface area contributed by atoms with Crippen LogP contribution in [-0.4, -0.2) is 107 Å². The van der Waals surface area contributed by atoms with Gasteiger partial charge in [-0.1, -0.05) is 25.5 Å². The summed E-state index contributed by atoms with van der Waals surface area (Å²) < 4.78 is 5.37. The van der Waals surface area contributed by atoms with Gasteiger partial charge in [0.05, 0.1) is 19.3 Å². The molecular weight excluding hydrogens is 546 g/mol.